The second-order valence-corrected chi connectivity index (χ2v) is 5.22. The van der Waals surface area contributed by atoms with E-state index in [1.165, 1.54) is 16.7 Å². The van der Waals surface area contributed by atoms with Crippen LogP contribution in [0.15, 0.2) is 42.6 Å². The zero-order chi connectivity index (χ0) is 14.4. The van der Waals surface area contributed by atoms with Gasteiger partial charge < -0.3 is 5.32 Å². The Labute approximate surface area is 122 Å². The van der Waals surface area contributed by atoms with Crippen molar-refractivity contribution in [3.8, 4) is 0 Å². The highest BCUT2D eigenvalue weighted by Gasteiger charge is 2.13. The molecule has 0 radical (unpaired) electrons. The van der Waals surface area contributed by atoms with E-state index in [4.69, 9.17) is 0 Å². The van der Waals surface area contributed by atoms with Crippen LogP contribution in [0.5, 0.6) is 0 Å². The molecule has 106 valence electrons. The van der Waals surface area contributed by atoms with Crippen LogP contribution in [0.4, 0.5) is 0 Å². The van der Waals surface area contributed by atoms with Gasteiger partial charge in [-0.15, -0.1) is 0 Å². The molecule has 2 heteroatoms. The summed E-state index contributed by atoms with van der Waals surface area (Å²) in [6.45, 7) is 7.46. The number of nitrogens with zero attached hydrogens (tertiary/aromatic N) is 1. The van der Waals surface area contributed by atoms with Crippen molar-refractivity contribution in [1.82, 2.24) is 10.3 Å². The Balaban J connectivity index is 2.35. The summed E-state index contributed by atoms with van der Waals surface area (Å²) < 4.78 is 0. The molecule has 0 aliphatic heterocycles. The highest BCUT2D eigenvalue weighted by Crippen LogP contribution is 2.23. The van der Waals surface area contributed by atoms with Crippen LogP contribution in [-0.4, -0.2) is 11.5 Å². The van der Waals surface area contributed by atoms with Gasteiger partial charge in [-0.25, -0.2) is 0 Å². The van der Waals surface area contributed by atoms with E-state index in [-0.39, 0.29) is 6.04 Å². The van der Waals surface area contributed by atoms with Gasteiger partial charge in [0.25, 0.3) is 0 Å². The number of rotatable bonds is 6. The summed E-state index contributed by atoms with van der Waals surface area (Å²) in [7, 11) is 0. The molecule has 1 atom stereocenters. The summed E-state index contributed by atoms with van der Waals surface area (Å²) in [5.41, 5.74) is 5.08. The first-order valence-electron chi connectivity index (χ1n) is 7.49. The average Bonchev–Trinajstić information content (AvgIpc) is 2.48. The Morgan fingerprint density at radius 3 is 2.60 bits per heavy atom. The van der Waals surface area contributed by atoms with Gasteiger partial charge in [0.05, 0.1) is 6.04 Å². The van der Waals surface area contributed by atoms with Gasteiger partial charge in [-0.1, -0.05) is 38.1 Å². The second-order valence-electron chi connectivity index (χ2n) is 5.22. The van der Waals surface area contributed by atoms with Crippen LogP contribution in [0.3, 0.4) is 0 Å². The molecule has 2 nitrogen and oxygen atoms in total. The maximum atomic E-state index is 4.30. The molecular weight excluding hydrogens is 244 g/mol. The van der Waals surface area contributed by atoms with Crippen LogP contribution >= 0.6 is 0 Å². The van der Waals surface area contributed by atoms with Crippen LogP contribution in [0.25, 0.3) is 0 Å². The largest absolute Gasteiger partial charge is 0.306 e. The quantitative estimate of drug-likeness (QED) is 0.855. The monoisotopic (exact) mass is 268 g/mol. The average molecular weight is 268 g/mol. The van der Waals surface area contributed by atoms with E-state index in [1.807, 2.05) is 13.1 Å². The summed E-state index contributed by atoms with van der Waals surface area (Å²) in [4.78, 5) is 4.30. The number of benzene rings is 1. The van der Waals surface area contributed by atoms with E-state index in [0.717, 1.165) is 25.1 Å². The van der Waals surface area contributed by atoms with Crippen LogP contribution < -0.4 is 5.32 Å². The SMILES string of the molecule is CCCNC(c1cccc(CC)c1)c1ccnc(C)c1. The molecular formula is C18H24N2. The van der Waals surface area contributed by atoms with Crippen molar-refractivity contribution < 1.29 is 0 Å². The Hall–Kier alpha value is -1.67. The molecule has 20 heavy (non-hydrogen) atoms. The maximum absolute atomic E-state index is 4.30. The lowest BCUT2D eigenvalue weighted by Gasteiger charge is -2.20. The van der Waals surface area contributed by atoms with E-state index >= 15 is 0 Å². The fraction of sp³-hybridized carbons (Fsp3) is 0.389. The van der Waals surface area contributed by atoms with E-state index in [9.17, 15) is 0 Å². The van der Waals surface area contributed by atoms with Crippen molar-refractivity contribution in [3.05, 3.63) is 65.0 Å². The minimum absolute atomic E-state index is 0.253. The Kier molecular flexibility index (Phi) is 5.31. The molecule has 2 rings (SSSR count). The van der Waals surface area contributed by atoms with Gasteiger partial charge in [0, 0.05) is 11.9 Å². The molecule has 1 aromatic heterocycles. The first kappa shape index (κ1) is 14.7. The van der Waals surface area contributed by atoms with Crippen molar-refractivity contribution in [3.63, 3.8) is 0 Å². The van der Waals surface area contributed by atoms with Gasteiger partial charge in [0.15, 0.2) is 0 Å². The Morgan fingerprint density at radius 1 is 1.10 bits per heavy atom. The topological polar surface area (TPSA) is 24.9 Å². The lowest BCUT2D eigenvalue weighted by atomic mass is 9.96. The molecule has 1 aromatic carbocycles. The minimum Gasteiger partial charge on any atom is -0.306 e. The third-order valence-corrected chi connectivity index (χ3v) is 3.55. The van der Waals surface area contributed by atoms with Crippen LogP contribution in [0.1, 0.15) is 48.7 Å². The third-order valence-electron chi connectivity index (χ3n) is 3.55. The van der Waals surface area contributed by atoms with E-state index < -0.39 is 0 Å². The zero-order valence-corrected chi connectivity index (χ0v) is 12.7. The fourth-order valence-corrected chi connectivity index (χ4v) is 2.46. The zero-order valence-electron chi connectivity index (χ0n) is 12.7. The highest BCUT2D eigenvalue weighted by molar-refractivity contribution is 5.34. The van der Waals surface area contributed by atoms with Gasteiger partial charge in [0.1, 0.15) is 0 Å². The van der Waals surface area contributed by atoms with Crippen LogP contribution in [-0.2, 0) is 6.42 Å². The van der Waals surface area contributed by atoms with E-state index in [0.29, 0.717) is 0 Å². The summed E-state index contributed by atoms with van der Waals surface area (Å²) in [5, 5.41) is 3.65. The summed E-state index contributed by atoms with van der Waals surface area (Å²) >= 11 is 0. The van der Waals surface area contributed by atoms with Crippen LogP contribution in [0.2, 0.25) is 0 Å². The summed E-state index contributed by atoms with van der Waals surface area (Å²) in [5.74, 6) is 0. The molecule has 1 unspecified atom stereocenters. The van der Waals surface area contributed by atoms with Crippen LogP contribution in [0, 0.1) is 6.92 Å². The van der Waals surface area contributed by atoms with Gasteiger partial charge in [-0.2, -0.15) is 0 Å². The number of pyridine rings is 1. The lowest BCUT2D eigenvalue weighted by molar-refractivity contribution is 0.597. The molecule has 0 fully saturated rings. The molecule has 0 saturated carbocycles. The summed E-state index contributed by atoms with van der Waals surface area (Å²) in [6.07, 6.45) is 4.10. The normalized spacial score (nSPS) is 12.3. The molecule has 2 aromatic rings. The standard InChI is InChI=1S/C18H24N2/c1-4-10-20-18(17-9-11-19-14(3)12-17)16-8-6-7-15(5-2)13-16/h6-9,11-13,18,20H,4-5,10H2,1-3H3. The van der Waals surface area contributed by atoms with Gasteiger partial charge in [0.2, 0.25) is 0 Å². The number of nitrogens with one attached hydrogen (secondary N) is 1. The first-order chi connectivity index (χ1) is 9.74. The predicted octanol–water partition coefficient (Wildman–Crippen LogP) is 4.04. The number of hydrogen-bond acceptors (Lipinski definition) is 2. The summed E-state index contributed by atoms with van der Waals surface area (Å²) in [6, 6.07) is 13.4. The van der Waals surface area contributed by atoms with Crippen molar-refractivity contribution in [2.45, 2.75) is 39.7 Å². The van der Waals surface area contributed by atoms with Crippen molar-refractivity contribution in [2.24, 2.45) is 0 Å². The van der Waals surface area contributed by atoms with Crippen molar-refractivity contribution in [2.75, 3.05) is 6.54 Å². The number of aryl methyl sites for hydroxylation is 2. The molecule has 1 heterocycles. The maximum Gasteiger partial charge on any atom is 0.0578 e. The fourth-order valence-electron chi connectivity index (χ4n) is 2.46. The molecule has 0 aliphatic carbocycles. The van der Waals surface area contributed by atoms with Gasteiger partial charge in [-0.3, -0.25) is 4.98 Å². The highest BCUT2D eigenvalue weighted by atomic mass is 14.9. The van der Waals surface area contributed by atoms with Crippen molar-refractivity contribution in [1.29, 1.82) is 0 Å². The number of hydrogen-bond donors (Lipinski definition) is 1. The first-order valence-corrected chi connectivity index (χ1v) is 7.49. The molecule has 0 spiro atoms. The Bertz CT molecular complexity index is 549. The second kappa shape index (κ2) is 7.20. The molecule has 1 N–H and O–H groups in total. The Morgan fingerprint density at radius 2 is 1.90 bits per heavy atom. The molecule has 0 aliphatic rings. The smallest absolute Gasteiger partial charge is 0.0578 e. The van der Waals surface area contributed by atoms with Gasteiger partial charge >= 0.3 is 0 Å². The predicted molar refractivity (Wildman–Crippen MR) is 84.9 cm³/mol. The molecule has 0 amide bonds. The van der Waals surface area contributed by atoms with E-state index in [2.05, 4.69) is 60.5 Å². The lowest BCUT2D eigenvalue weighted by Crippen LogP contribution is -2.23. The van der Waals surface area contributed by atoms with Crippen molar-refractivity contribution >= 4 is 0 Å². The van der Waals surface area contributed by atoms with Gasteiger partial charge in [-0.05, 0) is 55.1 Å². The molecule has 0 saturated heterocycles. The van der Waals surface area contributed by atoms with E-state index in [1.54, 1.807) is 0 Å². The number of aromatic nitrogens is 1. The molecule has 0 bridgehead atoms. The minimum atomic E-state index is 0.253. The third kappa shape index (κ3) is 3.67.